The van der Waals surface area contributed by atoms with E-state index in [4.69, 9.17) is 15.3 Å². The molecule has 0 bridgehead atoms. The van der Waals surface area contributed by atoms with Crippen molar-refractivity contribution >= 4 is 0 Å². The van der Waals surface area contributed by atoms with Crippen LogP contribution < -0.4 is 0 Å². The third kappa shape index (κ3) is 6.28. The summed E-state index contributed by atoms with van der Waals surface area (Å²) in [6.07, 6.45) is 0.440. The lowest BCUT2D eigenvalue weighted by atomic mass is 9.75. The maximum atomic E-state index is 10.1. The van der Waals surface area contributed by atoms with Crippen molar-refractivity contribution in [3.63, 3.8) is 0 Å². The van der Waals surface area contributed by atoms with Crippen molar-refractivity contribution in [3.05, 3.63) is 0 Å². The Balaban J connectivity index is 6.49. The van der Waals surface area contributed by atoms with Crippen LogP contribution in [0.4, 0.5) is 0 Å². The van der Waals surface area contributed by atoms with Gasteiger partial charge in [0.1, 0.15) is 6.10 Å². The number of aliphatic hydroxyl groups excluding tert-OH is 1. The van der Waals surface area contributed by atoms with Gasteiger partial charge in [-0.3, -0.25) is 0 Å². The van der Waals surface area contributed by atoms with Gasteiger partial charge in [0.05, 0.1) is 0 Å². The standard InChI is InChI=1S/C20H42O22/c1-2-3-4-5-6-7-8-9-10(21)11(22,23)12(24,25)13(26,27)14(28,29)15(30,31)16(32,33)17(34,35)18(36,37)19(38,39)20(40,41)42/h10,21-42H,2-9H2,1H3. The zero-order valence-electron chi connectivity index (χ0n) is 22.1. The molecule has 254 valence electrons. The molecule has 22 nitrogen and oxygen atoms in total. The number of unbranched alkanes of at least 4 members (excludes halogenated alkanes) is 6. The number of aliphatic hydroxyl groups is 22. The molecule has 0 aromatic heterocycles. The molecule has 0 saturated heterocycles. The fraction of sp³-hybridized carbons (Fsp3) is 1.00. The lowest BCUT2D eigenvalue weighted by molar-refractivity contribution is -0.610. The topological polar surface area (TPSA) is 445 Å². The third-order valence-corrected chi connectivity index (χ3v) is 6.93. The zero-order valence-corrected chi connectivity index (χ0v) is 22.1. The molecule has 1 unspecified atom stereocenters. The van der Waals surface area contributed by atoms with E-state index in [1.165, 1.54) is 0 Å². The fourth-order valence-electron chi connectivity index (χ4n) is 3.68. The minimum absolute atomic E-state index is 0.113. The van der Waals surface area contributed by atoms with E-state index < -0.39 is 70.6 Å². The summed E-state index contributed by atoms with van der Waals surface area (Å²) < 4.78 is 0. The van der Waals surface area contributed by atoms with Gasteiger partial charge in [-0.1, -0.05) is 51.9 Å². The van der Waals surface area contributed by atoms with Gasteiger partial charge in [0.2, 0.25) is 0 Å². The highest BCUT2D eigenvalue weighted by Gasteiger charge is 2.87. The van der Waals surface area contributed by atoms with Crippen LogP contribution in [0.3, 0.4) is 0 Å². The van der Waals surface area contributed by atoms with E-state index >= 15 is 0 Å². The third-order valence-electron chi connectivity index (χ3n) is 6.93. The second-order valence-electron chi connectivity index (χ2n) is 10.2. The molecule has 0 rings (SSSR count). The number of hydrogen-bond donors (Lipinski definition) is 22. The molecule has 0 aliphatic rings. The van der Waals surface area contributed by atoms with Crippen LogP contribution in [0.1, 0.15) is 58.3 Å². The first-order chi connectivity index (χ1) is 18.2. The van der Waals surface area contributed by atoms with E-state index in [0.717, 1.165) is 19.3 Å². The van der Waals surface area contributed by atoms with Gasteiger partial charge in [-0.05, 0) is 6.42 Å². The van der Waals surface area contributed by atoms with Crippen molar-refractivity contribution in [2.75, 3.05) is 0 Å². The molecule has 0 radical (unpaired) electrons. The van der Waals surface area contributed by atoms with Gasteiger partial charge in [-0.15, -0.1) is 0 Å². The number of hydrogen-bond acceptors (Lipinski definition) is 22. The fourth-order valence-corrected chi connectivity index (χ4v) is 3.68. The second-order valence-corrected chi connectivity index (χ2v) is 10.2. The van der Waals surface area contributed by atoms with Gasteiger partial charge in [-0.25, -0.2) is 0 Å². The van der Waals surface area contributed by atoms with Crippen molar-refractivity contribution in [2.24, 2.45) is 0 Å². The first kappa shape index (κ1) is 41.1. The predicted octanol–water partition coefficient (Wildman–Crippen LogP) is -10.8. The van der Waals surface area contributed by atoms with Crippen molar-refractivity contribution in [2.45, 2.75) is 122 Å². The quantitative estimate of drug-likeness (QED) is 0.0491. The first-order valence-corrected chi connectivity index (χ1v) is 12.1. The summed E-state index contributed by atoms with van der Waals surface area (Å²) in [7, 11) is 0. The van der Waals surface area contributed by atoms with E-state index in [2.05, 4.69) is 0 Å². The van der Waals surface area contributed by atoms with Crippen LogP contribution in [0, 0.1) is 0 Å². The van der Waals surface area contributed by atoms with Crippen LogP contribution in [0.25, 0.3) is 0 Å². The minimum atomic E-state index is -6.13. The monoisotopic (exact) mass is 634 g/mol. The highest BCUT2D eigenvalue weighted by atomic mass is 16.8. The van der Waals surface area contributed by atoms with Crippen molar-refractivity contribution < 1.29 is 112 Å². The highest BCUT2D eigenvalue weighted by molar-refractivity contribution is 5.15. The molecule has 0 fully saturated rings. The van der Waals surface area contributed by atoms with Crippen molar-refractivity contribution in [1.82, 2.24) is 0 Å². The summed E-state index contributed by atoms with van der Waals surface area (Å²) in [5.41, 5.74) is 0. The maximum absolute atomic E-state index is 10.1. The molecule has 0 aliphatic carbocycles. The highest BCUT2D eigenvalue weighted by Crippen LogP contribution is 2.48. The van der Waals surface area contributed by atoms with E-state index in [1.54, 1.807) is 0 Å². The molecule has 0 aromatic carbocycles. The average molecular weight is 635 g/mol. The van der Waals surface area contributed by atoms with Gasteiger partial charge in [0.25, 0.3) is 46.3 Å². The Morgan fingerprint density at radius 2 is 0.619 bits per heavy atom. The summed E-state index contributed by atoms with van der Waals surface area (Å²) in [5.74, 6) is -57.1. The lowest BCUT2D eigenvalue weighted by Gasteiger charge is -2.56. The minimum Gasteiger partial charge on any atom is -0.387 e. The normalized spacial score (nSPS) is 16.6. The van der Waals surface area contributed by atoms with Crippen LogP contribution in [0.5, 0.6) is 0 Å². The first-order valence-electron chi connectivity index (χ1n) is 12.1. The summed E-state index contributed by atoms with van der Waals surface area (Å²) in [6, 6.07) is 0. The molecule has 0 aliphatic heterocycles. The van der Waals surface area contributed by atoms with Crippen LogP contribution >= 0.6 is 0 Å². The van der Waals surface area contributed by atoms with E-state index in [-0.39, 0.29) is 12.8 Å². The summed E-state index contributed by atoms with van der Waals surface area (Å²) in [5, 5.41) is 215. The molecular weight excluding hydrogens is 592 g/mol. The Bertz CT molecular complexity index is 870. The summed E-state index contributed by atoms with van der Waals surface area (Å²) >= 11 is 0. The van der Waals surface area contributed by atoms with Gasteiger partial charge in [0, 0.05) is 0 Å². The maximum Gasteiger partial charge on any atom is 0.338 e. The van der Waals surface area contributed by atoms with Crippen molar-refractivity contribution in [1.29, 1.82) is 0 Å². The molecular formula is C20H42O22. The Morgan fingerprint density at radius 1 is 0.357 bits per heavy atom. The molecule has 22 heteroatoms. The molecule has 1 atom stereocenters. The smallest absolute Gasteiger partial charge is 0.338 e. The van der Waals surface area contributed by atoms with E-state index in [0.29, 0.717) is 12.8 Å². The molecule has 0 spiro atoms. The lowest BCUT2D eigenvalue weighted by Crippen LogP contribution is -2.91. The van der Waals surface area contributed by atoms with E-state index in [9.17, 15) is 97.0 Å². The van der Waals surface area contributed by atoms with Gasteiger partial charge in [-0.2, -0.15) is 0 Å². The Hall–Kier alpha value is -0.880. The molecule has 22 N–H and O–H groups in total. The second kappa shape index (κ2) is 12.5. The van der Waals surface area contributed by atoms with Gasteiger partial charge < -0.3 is 112 Å². The number of rotatable bonds is 18. The van der Waals surface area contributed by atoms with Crippen LogP contribution in [0.2, 0.25) is 0 Å². The van der Waals surface area contributed by atoms with Crippen molar-refractivity contribution in [3.8, 4) is 0 Å². The molecule has 0 amide bonds. The summed E-state index contributed by atoms with van der Waals surface area (Å²) in [4.78, 5) is 0. The molecule has 0 saturated carbocycles. The van der Waals surface area contributed by atoms with Crippen LogP contribution in [-0.2, 0) is 0 Å². The SMILES string of the molecule is CCCCCCCCCC(O)C(O)(O)C(O)(O)C(O)(O)C(O)(O)C(O)(O)C(O)(O)C(O)(O)C(O)(O)C(O)(O)C(O)(O)O. The predicted molar refractivity (Wildman–Crippen MR) is 123 cm³/mol. The van der Waals surface area contributed by atoms with Gasteiger partial charge >= 0.3 is 11.8 Å². The average Bonchev–Trinajstić information content (AvgIpc) is 2.81. The molecule has 0 aromatic rings. The summed E-state index contributed by atoms with van der Waals surface area (Å²) in [6.45, 7) is 1.95. The Kier molecular flexibility index (Phi) is 12.2. The molecule has 0 heterocycles. The van der Waals surface area contributed by atoms with E-state index in [1.807, 2.05) is 6.92 Å². The van der Waals surface area contributed by atoms with Gasteiger partial charge in [0.15, 0.2) is 0 Å². The molecule has 42 heavy (non-hydrogen) atoms. The van der Waals surface area contributed by atoms with Crippen LogP contribution in [-0.4, -0.2) is 177 Å². The van der Waals surface area contributed by atoms with Crippen LogP contribution in [0.15, 0.2) is 0 Å². The largest absolute Gasteiger partial charge is 0.387 e. The Labute approximate surface area is 235 Å². The zero-order chi connectivity index (χ0) is 34.2. The Morgan fingerprint density at radius 3 is 0.929 bits per heavy atom.